The Bertz CT molecular complexity index is 655. The van der Waals surface area contributed by atoms with Crippen LogP contribution in [0.2, 0.25) is 0 Å². The summed E-state index contributed by atoms with van der Waals surface area (Å²) in [5, 5.41) is 13.3. The van der Waals surface area contributed by atoms with Crippen LogP contribution in [0.4, 0.5) is 10.1 Å². The Balaban J connectivity index is 1.83. The molecule has 0 saturated heterocycles. The SMILES string of the molecule is O=C(O)Cc1ccc(NC(=O)CCCc2cccs2)cc1F. The van der Waals surface area contributed by atoms with E-state index in [4.69, 9.17) is 5.11 Å². The van der Waals surface area contributed by atoms with E-state index in [2.05, 4.69) is 5.32 Å². The van der Waals surface area contributed by atoms with E-state index >= 15 is 0 Å². The third-order valence-corrected chi connectivity index (χ3v) is 4.02. The van der Waals surface area contributed by atoms with Crippen LogP contribution in [0, 0.1) is 5.82 Å². The van der Waals surface area contributed by atoms with Crippen LogP contribution in [0.3, 0.4) is 0 Å². The smallest absolute Gasteiger partial charge is 0.307 e. The van der Waals surface area contributed by atoms with E-state index in [0.717, 1.165) is 18.9 Å². The van der Waals surface area contributed by atoms with Crippen molar-refractivity contribution in [2.24, 2.45) is 0 Å². The number of aliphatic carboxylic acids is 1. The average Bonchev–Trinajstić information content (AvgIpc) is 2.95. The Morgan fingerprint density at radius 3 is 2.73 bits per heavy atom. The summed E-state index contributed by atoms with van der Waals surface area (Å²) in [6, 6.07) is 8.04. The molecule has 0 atom stereocenters. The minimum atomic E-state index is -1.09. The van der Waals surface area contributed by atoms with E-state index in [-0.39, 0.29) is 17.9 Å². The zero-order valence-corrected chi connectivity index (χ0v) is 12.7. The Labute approximate surface area is 131 Å². The quantitative estimate of drug-likeness (QED) is 0.820. The first kappa shape index (κ1) is 16.2. The number of aryl methyl sites for hydroxylation is 1. The van der Waals surface area contributed by atoms with Crippen LogP contribution in [0.1, 0.15) is 23.3 Å². The van der Waals surface area contributed by atoms with Gasteiger partial charge in [0.2, 0.25) is 5.91 Å². The molecule has 22 heavy (non-hydrogen) atoms. The lowest BCUT2D eigenvalue weighted by atomic mass is 10.1. The van der Waals surface area contributed by atoms with Gasteiger partial charge in [-0.2, -0.15) is 0 Å². The van der Waals surface area contributed by atoms with Gasteiger partial charge in [0.1, 0.15) is 5.82 Å². The maximum Gasteiger partial charge on any atom is 0.307 e. The molecule has 0 spiro atoms. The highest BCUT2D eigenvalue weighted by atomic mass is 32.1. The first-order chi connectivity index (χ1) is 10.5. The summed E-state index contributed by atoms with van der Waals surface area (Å²) in [6.45, 7) is 0. The maximum absolute atomic E-state index is 13.7. The molecule has 2 N–H and O–H groups in total. The van der Waals surface area contributed by atoms with Crippen LogP contribution in [-0.4, -0.2) is 17.0 Å². The fourth-order valence-electron chi connectivity index (χ4n) is 2.03. The van der Waals surface area contributed by atoms with E-state index in [9.17, 15) is 14.0 Å². The van der Waals surface area contributed by atoms with Crippen molar-refractivity contribution >= 4 is 28.9 Å². The molecule has 1 aromatic heterocycles. The first-order valence-electron chi connectivity index (χ1n) is 6.87. The summed E-state index contributed by atoms with van der Waals surface area (Å²) < 4.78 is 13.7. The van der Waals surface area contributed by atoms with Gasteiger partial charge in [0.05, 0.1) is 6.42 Å². The van der Waals surface area contributed by atoms with E-state index < -0.39 is 11.8 Å². The third-order valence-electron chi connectivity index (χ3n) is 3.09. The van der Waals surface area contributed by atoms with Crippen molar-refractivity contribution in [3.63, 3.8) is 0 Å². The summed E-state index contributed by atoms with van der Waals surface area (Å²) in [5.74, 6) is -1.90. The van der Waals surface area contributed by atoms with Gasteiger partial charge in [0, 0.05) is 17.0 Å². The molecular weight excluding hydrogens is 305 g/mol. The molecule has 0 aliphatic carbocycles. The van der Waals surface area contributed by atoms with Crippen LogP contribution in [0.25, 0.3) is 0 Å². The number of hydrogen-bond acceptors (Lipinski definition) is 3. The van der Waals surface area contributed by atoms with Gasteiger partial charge in [-0.3, -0.25) is 9.59 Å². The lowest BCUT2D eigenvalue weighted by Crippen LogP contribution is -2.12. The fourth-order valence-corrected chi connectivity index (χ4v) is 2.78. The molecule has 0 aliphatic heterocycles. The van der Waals surface area contributed by atoms with Gasteiger partial charge in [0.25, 0.3) is 0 Å². The molecule has 0 saturated carbocycles. The lowest BCUT2D eigenvalue weighted by Gasteiger charge is -2.07. The molecule has 2 aromatic rings. The molecule has 0 aliphatic rings. The predicted octanol–water partition coefficient (Wildman–Crippen LogP) is 3.48. The van der Waals surface area contributed by atoms with Gasteiger partial charge < -0.3 is 10.4 Å². The Hall–Kier alpha value is -2.21. The van der Waals surface area contributed by atoms with Crippen molar-refractivity contribution in [2.45, 2.75) is 25.7 Å². The fraction of sp³-hybridized carbons (Fsp3) is 0.250. The van der Waals surface area contributed by atoms with E-state index in [1.165, 1.54) is 17.0 Å². The third kappa shape index (κ3) is 4.96. The van der Waals surface area contributed by atoms with Gasteiger partial charge >= 0.3 is 5.97 Å². The summed E-state index contributed by atoms with van der Waals surface area (Å²) >= 11 is 1.66. The second kappa shape index (κ2) is 7.70. The predicted molar refractivity (Wildman–Crippen MR) is 83.6 cm³/mol. The van der Waals surface area contributed by atoms with Crippen LogP contribution < -0.4 is 5.32 Å². The van der Waals surface area contributed by atoms with Gasteiger partial charge in [-0.1, -0.05) is 12.1 Å². The number of amides is 1. The number of halogens is 1. The minimum absolute atomic E-state index is 0.100. The molecule has 2 rings (SSSR count). The number of carbonyl (C=O) groups is 2. The standard InChI is InChI=1S/C16H16FNO3S/c17-14-10-12(7-6-11(14)9-16(20)21)18-15(19)5-1-3-13-4-2-8-22-13/h2,4,6-8,10H,1,3,5,9H2,(H,18,19)(H,20,21). The van der Waals surface area contributed by atoms with Gasteiger partial charge in [-0.15, -0.1) is 11.3 Å². The lowest BCUT2D eigenvalue weighted by molar-refractivity contribution is -0.136. The van der Waals surface area contributed by atoms with Crippen LogP contribution >= 0.6 is 11.3 Å². The molecule has 1 aromatic carbocycles. The molecule has 116 valence electrons. The Kier molecular flexibility index (Phi) is 5.66. The Morgan fingerprint density at radius 2 is 2.09 bits per heavy atom. The second-order valence-electron chi connectivity index (χ2n) is 4.86. The molecule has 1 amide bonds. The van der Waals surface area contributed by atoms with Crippen molar-refractivity contribution in [2.75, 3.05) is 5.32 Å². The van der Waals surface area contributed by atoms with Crippen molar-refractivity contribution in [3.8, 4) is 0 Å². The van der Waals surface area contributed by atoms with Crippen molar-refractivity contribution in [3.05, 3.63) is 52.0 Å². The molecule has 4 nitrogen and oxygen atoms in total. The summed E-state index contributed by atoms with van der Waals surface area (Å²) in [4.78, 5) is 23.6. The van der Waals surface area contributed by atoms with E-state index in [0.29, 0.717) is 12.1 Å². The minimum Gasteiger partial charge on any atom is -0.481 e. The number of nitrogens with one attached hydrogen (secondary N) is 1. The van der Waals surface area contributed by atoms with Crippen molar-refractivity contribution in [1.29, 1.82) is 0 Å². The number of hydrogen-bond donors (Lipinski definition) is 2. The first-order valence-corrected chi connectivity index (χ1v) is 7.75. The second-order valence-corrected chi connectivity index (χ2v) is 5.89. The summed E-state index contributed by atoms with van der Waals surface area (Å²) in [7, 11) is 0. The number of thiophene rings is 1. The maximum atomic E-state index is 13.7. The summed E-state index contributed by atoms with van der Waals surface area (Å²) in [6.07, 6.45) is 1.56. The summed E-state index contributed by atoms with van der Waals surface area (Å²) in [5.41, 5.74) is 0.441. The monoisotopic (exact) mass is 321 g/mol. The van der Waals surface area contributed by atoms with Crippen LogP contribution in [0.5, 0.6) is 0 Å². The largest absolute Gasteiger partial charge is 0.481 e. The highest BCUT2D eigenvalue weighted by molar-refractivity contribution is 7.09. The number of carboxylic acid groups (broad SMARTS) is 1. The van der Waals surface area contributed by atoms with Crippen molar-refractivity contribution < 1.29 is 19.1 Å². The molecule has 6 heteroatoms. The normalized spacial score (nSPS) is 10.4. The number of carbonyl (C=O) groups excluding carboxylic acids is 1. The van der Waals surface area contributed by atoms with E-state index in [1.54, 1.807) is 11.3 Å². The number of anilines is 1. The highest BCUT2D eigenvalue weighted by Gasteiger charge is 2.09. The van der Waals surface area contributed by atoms with Crippen LogP contribution in [-0.2, 0) is 22.4 Å². The van der Waals surface area contributed by atoms with Crippen molar-refractivity contribution in [1.82, 2.24) is 0 Å². The van der Waals surface area contributed by atoms with E-state index in [1.807, 2.05) is 17.5 Å². The molecule has 0 radical (unpaired) electrons. The van der Waals surface area contributed by atoms with Gasteiger partial charge in [-0.25, -0.2) is 4.39 Å². The molecule has 0 unspecified atom stereocenters. The van der Waals surface area contributed by atoms with Crippen LogP contribution in [0.15, 0.2) is 35.7 Å². The molecular formula is C16H16FNO3S. The number of carboxylic acids is 1. The zero-order chi connectivity index (χ0) is 15.9. The number of rotatable bonds is 7. The zero-order valence-electron chi connectivity index (χ0n) is 11.8. The van der Waals surface area contributed by atoms with Gasteiger partial charge in [0.15, 0.2) is 0 Å². The molecule has 0 bridgehead atoms. The highest BCUT2D eigenvalue weighted by Crippen LogP contribution is 2.16. The molecule has 0 fully saturated rings. The number of benzene rings is 1. The average molecular weight is 321 g/mol. The topological polar surface area (TPSA) is 66.4 Å². The molecule has 1 heterocycles. The van der Waals surface area contributed by atoms with Gasteiger partial charge in [-0.05, 0) is 42.0 Å². The Morgan fingerprint density at radius 1 is 1.27 bits per heavy atom.